The average molecular weight is 287 g/mol. The molecule has 1 aromatic carbocycles. The lowest BCUT2D eigenvalue weighted by molar-refractivity contribution is -0.118. The first-order valence-corrected chi connectivity index (χ1v) is 7.59. The molecule has 0 bridgehead atoms. The molecule has 0 aliphatic heterocycles. The number of nitriles is 1. The van der Waals surface area contributed by atoms with E-state index in [0.29, 0.717) is 30.1 Å². The molecule has 1 atom stereocenters. The Kier molecular flexibility index (Phi) is 7.49. The molecular weight excluding hydrogens is 262 g/mol. The number of amides is 1. The minimum Gasteiger partial charge on any atom is -0.330 e. The van der Waals surface area contributed by atoms with E-state index in [0.717, 1.165) is 25.7 Å². The van der Waals surface area contributed by atoms with Crippen LogP contribution < -0.4 is 10.6 Å². The van der Waals surface area contributed by atoms with Crippen molar-refractivity contribution in [2.45, 2.75) is 39.0 Å². The predicted molar refractivity (Wildman–Crippen MR) is 85.9 cm³/mol. The highest BCUT2D eigenvalue weighted by Crippen LogP contribution is 2.21. The van der Waals surface area contributed by atoms with Crippen molar-refractivity contribution < 1.29 is 4.79 Å². The van der Waals surface area contributed by atoms with Crippen LogP contribution in [0.2, 0.25) is 0 Å². The molecule has 0 fully saturated rings. The van der Waals surface area contributed by atoms with E-state index in [9.17, 15) is 4.79 Å². The Labute approximate surface area is 127 Å². The summed E-state index contributed by atoms with van der Waals surface area (Å²) in [5, 5.41) is 9.11. The Balaban J connectivity index is 2.64. The van der Waals surface area contributed by atoms with Crippen molar-refractivity contribution in [3.63, 3.8) is 0 Å². The van der Waals surface area contributed by atoms with Gasteiger partial charge in [0.2, 0.25) is 5.91 Å². The largest absolute Gasteiger partial charge is 0.330 e. The van der Waals surface area contributed by atoms with Crippen molar-refractivity contribution in [2.24, 2.45) is 11.7 Å². The zero-order valence-electron chi connectivity index (χ0n) is 13.0. The van der Waals surface area contributed by atoms with Gasteiger partial charge in [0.25, 0.3) is 0 Å². The van der Waals surface area contributed by atoms with E-state index in [4.69, 9.17) is 11.0 Å². The van der Waals surface area contributed by atoms with Crippen LogP contribution in [0.1, 0.15) is 44.6 Å². The van der Waals surface area contributed by atoms with E-state index >= 15 is 0 Å². The number of anilines is 1. The SMILES string of the molecule is CCCC(CCN)CCC(=O)N(C)c1ccccc1C#N. The van der Waals surface area contributed by atoms with E-state index in [1.807, 2.05) is 6.07 Å². The van der Waals surface area contributed by atoms with Gasteiger partial charge in [-0.15, -0.1) is 0 Å². The number of rotatable bonds is 8. The minimum absolute atomic E-state index is 0.0517. The number of carbonyl (C=O) groups excluding carboxylic acids is 1. The zero-order valence-corrected chi connectivity index (χ0v) is 13.0. The number of nitrogens with two attached hydrogens (primary N) is 1. The lowest BCUT2D eigenvalue weighted by atomic mass is 9.94. The van der Waals surface area contributed by atoms with Crippen LogP contribution in [0, 0.1) is 17.2 Å². The Morgan fingerprint density at radius 1 is 1.33 bits per heavy atom. The molecule has 4 heteroatoms. The third kappa shape index (κ3) is 5.20. The standard InChI is InChI=1S/C17H25N3O/c1-3-6-14(11-12-18)9-10-17(21)20(2)16-8-5-4-7-15(16)13-19/h4-5,7-8,14H,3,6,9-12,18H2,1-2H3. The number of nitrogens with zero attached hydrogens (tertiary/aromatic N) is 2. The molecule has 0 radical (unpaired) electrons. The number of hydrogen-bond acceptors (Lipinski definition) is 3. The second kappa shape index (κ2) is 9.15. The van der Waals surface area contributed by atoms with Crippen LogP contribution >= 0.6 is 0 Å². The van der Waals surface area contributed by atoms with Gasteiger partial charge in [0, 0.05) is 13.5 Å². The summed E-state index contributed by atoms with van der Waals surface area (Å²) < 4.78 is 0. The first-order valence-electron chi connectivity index (χ1n) is 7.59. The molecule has 1 rings (SSSR count). The maximum absolute atomic E-state index is 12.3. The van der Waals surface area contributed by atoms with E-state index in [2.05, 4.69) is 13.0 Å². The zero-order chi connectivity index (χ0) is 15.7. The summed E-state index contributed by atoms with van der Waals surface area (Å²) in [5.74, 6) is 0.569. The van der Waals surface area contributed by atoms with Crippen LogP contribution in [0.5, 0.6) is 0 Å². The van der Waals surface area contributed by atoms with Crippen LogP contribution in [0.4, 0.5) is 5.69 Å². The lowest BCUT2D eigenvalue weighted by Crippen LogP contribution is -2.27. The molecule has 114 valence electrons. The van der Waals surface area contributed by atoms with E-state index in [1.165, 1.54) is 0 Å². The van der Waals surface area contributed by atoms with Gasteiger partial charge in [0.05, 0.1) is 11.3 Å². The number of para-hydroxylation sites is 1. The molecule has 21 heavy (non-hydrogen) atoms. The van der Waals surface area contributed by atoms with Gasteiger partial charge in [0.1, 0.15) is 6.07 Å². The predicted octanol–water partition coefficient (Wildman–Crippen LogP) is 3.07. The fourth-order valence-electron chi connectivity index (χ4n) is 2.57. The summed E-state index contributed by atoms with van der Waals surface area (Å²) in [7, 11) is 1.73. The maximum atomic E-state index is 12.3. The average Bonchev–Trinajstić information content (AvgIpc) is 2.52. The summed E-state index contributed by atoms with van der Waals surface area (Å²) >= 11 is 0. The third-order valence-electron chi connectivity index (χ3n) is 3.80. The summed E-state index contributed by atoms with van der Waals surface area (Å²) in [5.41, 5.74) is 6.83. The van der Waals surface area contributed by atoms with Gasteiger partial charge in [0.15, 0.2) is 0 Å². The van der Waals surface area contributed by atoms with E-state index < -0.39 is 0 Å². The summed E-state index contributed by atoms with van der Waals surface area (Å²) in [4.78, 5) is 13.9. The van der Waals surface area contributed by atoms with Crippen molar-refractivity contribution in [2.75, 3.05) is 18.5 Å². The molecule has 0 aliphatic carbocycles. The first-order chi connectivity index (χ1) is 10.1. The monoisotopic (exact) mass is 287 g/mol. The smallest absolute Gasteiger partial charge is 0.226 e. The molecule has 0 heterocycles. The van der Waals surface area contributed by atoms with E-state index in [1.54, 1.807) is 30.1 Å². The highest BCUT2D eigenvalue weighted by atomic mass is 16.2. The Morgan fingerprint density at radius 3 is 2.67 bits per heavy atom. The maximum Gasteiger partial charge on any atom is 0.226 e. The van der Waals surface area contributed by atoms with Crippen molar-refractivity contribution in [3.05, 3.63) is 29.8 Å². The van der Waals surface area contributed by atoms with Gasteiger partial charge >= 0.3 is 0 Å². The van der Waals surface area contributed by atoms with Gasteiger partial charge in [-0.25, -0.2) is 0 Å². The molecule has 1 amide bonds. The Morgan fingerprint density at radius 2 is 2.05 bits per heavy atom. The van der Waals surface area contributed by atoms with Crippen LogP contribution in [-0.4, -0.2) is 19.5 Å². The van der Waals surface area contributed by atoms with Crippen LogP contribution in [0.15, 0.2) is 24.3 Å². The number of carbonyl (C=O) groups is 1. The summed E-state index contributed by atoms with van der Waals surface area (Å²) in [6, 6.07) is 9.31. The summed E-state index contributed by atoms with van der Waals surface area (Å²) in [6.07, 6.45) is 4.57. The van der Waals surface area contributed by atoms with Crippen molar-refractivity contribution in [3.8, 4) is 6.07 Å². The minimum atomic E-state index is 0.0517. The van der Waals surface area contributed by atoms with Crippen LogP contribution in [0.3, 0.4) is 0 Å². The van der Waals surface area contributed by atoms with Gasteiger partial charge in [-0.1, -0.05) is 31.9 Å². The van der Waals surface area contributed by atoms with Gasteiger partial charge in [-0.3, -0.25) is 4.79 Å². The number of benzene rings is 1. The summed E-state index contributed by atoms with van der Waals surface area (Å²) in [6.45, 7) is 2.83. The fourth-order valence-corrected chi connectivity index (χ4v) is 2.57. The second-order valence-electron chi connectivity index (χ2n) is 5.35. The second-order valence-corrected chi connectivity index (χ2v) is 5.35. The third-order valence-corrected chi connectivity index (χ3v) is 3.80. The van der Waals surface area contributed by atoms with Gasteiger partial charge < -0.3 is 10.6 Å². The van der Waals surface area contributed by atoms with Crippen molar-refractivity contribution in [1.82, 2.24) is 0 Å². The first kappa shape index (κ1) is 17.2. The molecular formula is C17H25N3O. The molecule has 0 aromatic heterocycles. The topological polar surface area (TPSA) is 70.1 Å². The molecule has 1 aromatic rings. The Bertz CT molecular complexity index is 487. The van der Waals surface area contributed by atoms with Crippen molar-refractivity contribution in [1.29, 1.82) is 5.26 Å². The highest BCUT2D eigenvalue weighted by Gasteiger charge is 2.16. The van der Waals surface area contributed by atoms with Crippen LogP contribution in [-0.2, 0) is 4.79 Å². The van der Waals surface area contributed by atoms with Gasteiger partial charge in [-0.05, 0) is 37.4 Å². The fraction of sp³-hybridized carbons (Fsp3) is 0.529. The molecule has 4 nitrogen and oxygen atoms in total. The Hall–Kier alpha value is -1.86. The molecule has 0 aliphatic rings. The number of hydrogen-bond donors (Lipinski definition) is 1. The lowest BCUT2D eigenvalue weighted by Gasteiger charge is -2.20. The highest BCUT2D eigenvalue weighted by molar-refractivity contribution is 5.94. The molecule has 0 spiro atoms. The quantitative estimate of drug-likeness (QED) is 0.798. The molecule has 2 N–H and O–H groups in total. The van der Waals surface area contributed by atoms with E-state index in [-0.39, 0.29) is 5.91 Å². The molecule has 0 saturated heterocycles. The molecule has 1 unspecified atom stereocenters. The van der Waals surface area contributed by atoms with Crippen molar-refractivity contribution >= 4 is 11.6 Å². The normalized spacial score (nSPS) is 11.7. The van der Waals surface area contributed by atoms with Gasteiger partial charge in [-0.2, -0.15) is 5.26 Å². The molecule has 0 saturated carbocycles. The van der Waals surface area contributed by atoms with Crippen LogP contribution in [0.25, 0.3) is 0 Å².